The quantitative estimate of drug-likeness (QED) is 0.422. The van der Waals surface area contributed by atoms with Crippen molar-refractivity contribution in [2.45, 2.75) is 19.3 Å². The van der Waals surface area contributed by atoms with E-state index < -0.39 is 30.2 Å². The van der Waals surface area contributed by atoms with Crippen molar-refractivity contribution in [2.24, 2.45) is 4.99 Å². The van der Waals surface area contributed by atoms with E-state index in [0.29, 0.717) is 11.4 Å². The van der Waals surface area contributed by atoms with Crippen molar-refractivity contribution in [3.05, 3.63) is 35.9 Å². The average Bonchev–Trinajstić information content (AvgIpc) is 2.44. The van der Waals surface area contributed by atoms with Crippen molar-refractivity contribution < 1.29 is 29.2 Å². The van der Waals surface area contributed by atoms with Gasteiger partial charge < -0.3 is 24.6 Å². The van der Waals surface area contributed by atoms with E-state index in [4.69, 9.17) is 4.74 Å². The van der Waals surface area contributed by atoms with E-state index in [2.05, 4.69) is 4.99 Å². The van der Waals surface area contributed by atoms with Crippen molar-refractivity contribution >= 4 is 30.0 Å². The van der Waals surface area contributed by atoms with Gasteiger partial charge in [0.05, 0.1) is 5.97 Å². The normalized spacial score (nSPS) is 16.0. The zero-order chi connectivity index (χ0) is 15.9. The van der Waals surface area contributed by atoms with Gasteiger partial charge in [0, 0.05) is 12.4 Å². The van der Waals surface area contributed by atoms with Crippen molar-refractivity contribution in [1.82, 2.24) is 0 Å². The number of hydrogen-bond acceptors (Lipinski definition) is 7. The molecule has 2 atom stereocenters. The molecule has 0 aliphatic heterocycles. The molecule has 7 nitrogen and oxygen atoms in total. The van der Waals surface area contributed by atoms with Crippen molar-refractivity contribution in [3.8, 4) is 0 Å². The molecule has 1 N–H and O–H groups in total. The minimum Gasteiger partial charge on any atom is -0.596 e. The van der Waals surface area contributed by atoms with Crippen LogP contribution in [0, 0.1) is 0 Å². The summed E-state index contributed by atoms with van der Waals surface area (Å²) in [5.74, 6) is -3.37. The molecule has 1 aromatic carbocycles. The first-order valence-corrected chi connectivity index (χ1v) is 9.21. The fourth-order valence-electron chi connectivity index (χ4n) is 1.24. The van der Waals surface area contributed by atoms with Crippen LogP contribution in [-0.2, 0) is 20.7 Å². The maximum Gasteiger partial charge on any atom is 0.279 e. The van der Waals surface area contributed by atoms with E-state index >= 15 is 0 Å². The summed E-state index contributed by atoms with van der Waals surface area (Å²) in [6.45, 7) is -2.72. The van der Waals surface area contributed by atoms with Crippen LogP contribution in [-0.4, -0.2) is 28.5 Å². The van der Waals surface area contributed by atoms with Gasteiger partial charge in [-0.15, -0.1) is 0 Å². The maximum absolute atomic E-state index is 11.8. The van der Waals surface area contributed by atoms with Gasteiger partial charge >= 0.3 is 0 Å². The number of carbonyl (C=O) groups is 1. The monoisotopic (exact) mass is 331 g/mol. The number of carbonyl (C=O) groups excluding carboxylic acids is 1. The summed E-state index contributed by atoms with van der Waals surface area (Å²) < 4.78 is 16.6. The van der Waals surface area contributed by atoms with Crippen LogP contribution >= 0.6 is 18.0 Å². The Balaban J connectivity index is 2.55. The summed E-state index contributed by atoms with van der Waals surface area (Å²) in [5, 5.41) is 21.7. The molecule has 2 unspecified atom stereocenters. The first-order valence-electron chi connectivity index (χ1n) is 5.89. The molecule has 0 fully saturated rings. The molecule has 0 saturated heterocycles. The Morgan fingerprint density at radius 1 is 1.43 bits per heavy atom. The second kappa shape index (κ2) is 8.07. The lowest BCUT2D eigenvalue weighted by atomic mass is 10.2. The second-order valence-corrected chi connectivity index (χ2v) is 8.78. The number of benzene rings is 1. The molecule has 0 amide bonds. The van der Waals surface area contributed by atoms with Crippen LogP contribution in [0.2, 0.25) is 0 Å². The number of rotatable bonds is 7. The van der Waals surface area contributed by atoms with Gasteiger partial charge in [0.1, 0.15) is 11.9 Å². The van der Waals surface area contributed by atoms with Crippen LogP contribution in [0.5, 0.6) is 0 Å². The van der Waals surface area contributed by atoms with Gasteiger partial charge in [-0.3, -0.25) is 9.56 Å². The van der Waals surface area contributed by atoms with E-state index in [1.807, 2.05) is 6.07 Å². The highest BCUT2D eigenvalue weighted by Gasteiger charge is 2.27. The van der Waals surface area contributed by atoms with Gasteiger partial charge in [0.25, 0.3) is 6.57 Å². The molecule has 1 rings (SSSR count). The Labute approximate surface area is 125 Å². The predicted molar refractivity (Wildman–Crippen MR) is 75.4 cm³/mol. The zero-order valence-corrected chi connectivity index (χ0v) is 12.9. The molecule has 21 heavy (non-hydrogen) atoms. The highest BCUT2D eigenvalue weighted by Crippen LogP contribution is 2.58. The van der Waals surface area contributed by atoms with E-state index in [0.717, 1.165) is 5.56 Å². The average molecular weight is 331 g/mol. The standard InChI is InChI=1S/C12H16NO6PS/c1-9(20(17,18)21-8-11(14)15)13-12(16)19-7-10-5-3-2-4-6-10/h2-6,9H,7-8H2,1H3,(H,13,16)(H,14,15)(H,17,18)/p-2. The number of hydrogen-bond donors (Lipinski definition) is 1. The SMILES string of the molecule is CC(N=C([O-])OCc1ccccc1)P(=O)(O)SCC(=O)[O-]. The molecule has 0 bridgehead atoms. The topological polar surface area (TPSA) is 122 Å². The molecule has 116 valence electrons. The van der Waals surface area contributed by atoms with E-state index in [-0.39, 0.29) is 6.61 Å². The Bertz CT molecular complexity index is 550. The third-order valence-corrected chi connectivity index (χ3v) is 6.54. The van der Waals surface area contributed by atoms with Crippen LogP contribution in [0.3, 0.4) is 0 Å². The van der Waals surface area contributed by atoms with Gasteiger partial charge in [-0.05, 0) is 12.5 Å². The lowest BCUT2D eigenvalue weighted by molar-refractivity contribution is -0.301. The molecule has 1 aromatic rings. The van der Waals surface area contributed by atoms with Gasteiger partial charge in [-0.1, -0.05) is 41.7 Å². The minimum absolute atomic E-state index is 0.00217. The van der Waals surface area contributed by atoms with Gasteiger partial charge in [-0.25, -0.2) is 0 Å². The fourth-order valence-corrected chi connectivity index (χ4v) is 3.64. The first-order chi connectivity index (χ1) is 9.81. The van der Waals surface area contributed by atoms with Crippen LogP contribution in [0.25, 0.3) is 0 Å². The minimum atomic E-state index is -3.96. The van der Waals surface area contributed by atoms with Gasteiger partial charge in [-0.2, -0.15) is 0 Å². The predicted octanol–water partition coefficient (Wildman–Crippen LogP) is -0.0660. The number of nitrogens with zero attached hydrogens (tertiary/aromatic N) is 1. The molecular formula is C12H14NO6PS-2. The van der Waals surface area contributed by atoms with Crippen LogP contribution in [0.15, 0.2) is 35.3 Å². The molecule has 9 heteroatoms. The molecule has 0 heterocycles. The Morgan fingerprint density at radius 2 is 2.05 bits per heavy atom. The summed E-state index contributed by atoms with van der Waals surface area (Å²) in [6.07, 6.45) is -0.977. The first kappa shape index (κ1) is 17.6. The van der Waals surface area contributed by atoms with Crippen molar-refractivity contribution in [2.75, 3.05) is 5.75 Å². The number of carboxylic acids is 1. The third-order valence-electron chi connectivity index (χ3n) is 2.34. The van der Waals surface area contributed by atoms with E-state index in [9.17, 15) is 24.5 Å². The largest absolute Gasteiger partial charge is 0.596 e. The summed E-state index contributed by atoms with van der Waals surface area (Å²) in [5.41, 5.74) is 0.757. The number of ether oxygens (including phenoxy) is 1. The molecular weight excluding hydrogens is 317 g/mol. The lowest BCUT2D eigenvalue weighted by Gasteiger charge is -2.19. The summed E-state index contributed by atoms with van der Waals surface area (Å²) in [7, 11) is 0. The lowest BCUT2D eigenvalue weighted by Crippen LogP contribution is -2.25. The van der Waals surface area contributed by atoms with E-state index in [1.54, 1.807) is 24.3 Å². The molecule has 0 aromatic heterocycles. The second-order valence-electron chi connectivity index (χ2n) is 4.01. The van der Waals surface area contributed by atoms with Gasteiger partial charge in [0.15, 0.2) is 0 Å². The Kier molecular flexibility index (Phi) is 6.74. The molecule has 0 aliphatic rings. The van der Waals surface area contributed by atoms with Crippen molar-refractivity contribution in [1.29, 1.82) is 0 Å². The highest BCUT2D eigenvalue weighted by atomic mass is 32.7. The molecule has 0 radical (unpaired) electrons. The smallest absolute Gasteiger partial charge is 0.279 e. The van der Waals surface area contributed by atoms with Gasteiger partial charge in [0.2, 0.25) is 0 Å². The number of aliphatic imine (C=N–C) groups is 1. The summed E-state index contributed by atoms with van der Waals surface area (Å²) in [4.78, 5) is 23.3. The zero-order valence-electron chi connectivity index (χ0n) is 11.2. The number of carboxylic acid groups (broad SMARTS) is 1. The van der Waals surface area contributed by atoms with E-state index in [1.165, 1.54) is 6.92 Å². The third kappa shape index (κ3) is 6.66. The Morgan fingerprint density at radius 3 is 2.62 bits per heavy atom. The summed E-state index contributed by atoms with van der Waals surface area (Å²) >= 11 is 0.299. The fraction of sp³-hybridized carbons (Fsp3) is 0.333. The molecule has 0 aliphatic carbocycles. The summed E-state index contributed by atoms with van der Waals surface area (Å²) in [6, 6.07) is 8.88. The number of aliphatic carboxylic acids is 1. The molecule has 0 saturated carbocycles. The maximum atomic E-state index is 11.8. The molecule has 0 spiro atoms. The van der Waals surface area contributed by atoms with Crippen LogP contribution < -0.4 is 10.2 Å². The highest BCUT2D eigenvalue weighted by molar-refractivity contribution is 8.56. The van der Waals surface area contributed by atoms with Crippen LogP contribution in [0.4, 0.5) is 0 Å². The van der Waals surface area contributed by atoms with Crippen molar-refractivity contribution in [3.63, 3.8) is 0 Å². The Hall–Kier alpha value is -1.50. The van der Waals surface area contributed by atoms with Crippen LogP contribution in [0.1, 0.15) is 12.5 Å².